The monoisotopic (exact) mass is 260 g/mol. The van der Waals surface area contributed by atoms with Crippen LogP contribution in [-0.4, -0.2) is 50.3 Å². The highest BCUT2D eigenvalue weighted by atomic mass is 32.2. The quantitative estimate of drug-likeness (QED) is 0.729. The molecule has 0 aliphatic rings. The van der Waals surface area contributed by atoms with Gasteiger partial charge in [-0.1, -0.05) is 0 Å². The van der Waals surface area contributed by atoms with Crippen molar-refractivity contribution in [3.8, 4) is 0 Å². The SMILES string of the molecule is Cc1nn(C)cc1S(=O)(=O)NCCCN(C)C. The van der Waals surface area contributed by atoms with Gasteiger partial charge < -0.3 is 4.90 Å². The Morgan fingerprint density at radius 2 is 2.12 bits per heavy atom. The number of hydrogen-bond acceptors (Lipinski definition) is 4. The number of rotatable bonds is 6. The maximum atomic E-state index is 11.9. The van der Waals surface area contributed by atoms with Crippen LogP contribution in [0.15, 0.2) is 11.1 Å². The number of aromatic nitrogens is 2. The van der Waals surface area contributed by atoms with E-state index >= 15 is 0 Å². The Hall–Kier alpha value is -0.920. The molecule has 98 valence electrons. The normalized spacial score (nSPS) is 12.3. The van der Waals surface area contributed by atoms with Gasteiger partial charge in [0.25, 0.3) is 0 Å². The second-order valence-corrected chi connectivity index (χ2v) is 6.04. The summed E-state index contributed by atoms with van der Waals surface area (Å²) in [6.45, 7) is 2.98. The van der Waals surface area contributed by atoms with Crippen molar-refractivity contribution in [1.82, 2.24) is 19.4 Å². The zero-order valence-corrected chi connectivity index (χ0v) is 11.6. The molecule has 0 aliphatic carbocycles. The summed E-state index contributed by atoms with van der Waals surface area (Å²) in [5.41, 5.74) is 0.521. The van der Waals surface area contributed by atoms with E-state index in [0.717, 1.165) is 13.0 Å². The molecule has 0 saturated carbocycles. The van der Waals surface area contributed by atoms with Crippen LogP contribution in [0.3, 0.4) is 0 Å². The Labute approximate surface area is 103 Å². The van der Waals surface area contributed by atoms with E-state index in [4.69, 9.17) is 0 Å². The second-order valence-electron chi connectivity index (χ2n) is 4.31. The molecule has 1 aromatic heterocycles. The Balaban J connectivity index is 2.60. The number of hydrogen-bond donors (Lipinski definition) is 1. The number of aryl methyl sites for hydroxylation is 2. The van der Waals surface area contributed by atoms with Crippen LogP contribution in [0.4, 0.5) is 0 Å². The summed E-state index contributed by atoms with van der Waals surface area (Å²) in [6, 6.07) is 0. The first-order valence-electron chi connectivity index (χ1n) is 5.47. The predicted octanol–water partition coefficient (Wildman–Crippen LogP) is -0.0415. The predicted molar refractivity (Wildman–Crippen MR) is 66.3 cm³/mol. The van der Waals surface area contributed by atoms with E-state index < -0.39 is 10.0 Å². The molecule has 0 radical (unpaired) electrons. The van der Waals surface area contributed by atoms with E-state index in [-0.39, 0.29) is 4.90 Å². The fraction of sp³-hybridized carbons (Fsp3) is 0.700. The molecule has 0 fully saturated rings. The molecule has 0 bridgehead atoms. The summed E-state index contributed by atoms with van der Waals surface area (Å²) >= 11 is 0. The third-order valence-electron chi connectivity index (χ3n) is 2.33. The van der Waals surface area contributed by atoms with Crippen LogP contribution in [0.25, 0.3) is 0 Å². The molecule has 0 saturated heterocycles. The Morgan fingerprint density at radius 3 is 2.59 bits per heavy atom. The minimum atomic E-state index is -3.42. The summed E-state index contributed by atoms with van der Waals surface area (Å²) in [5, 5.41) is 4.02. The summed E-state index contributed by atoms with van der Waals surface area (Å²) in [7, 11) is 2.20. The molecule has 0 spiro atoms. The lowest BCUT2D eigenvalue weighted by atomic mass is 10.4. The van der Waals surface area contributed by atoms with Gasteiger partial charge in [0.1, 0.15) is 4.90 Å². The van der Waals surface area contributed by atoms with Gasteiger partial charge in [-0.05, 0) is 34.0 Å². The van der Waals surface area contributed by atoms with Gasteiger partial charge in [0, 0.05) is 19.8 Å². The number of sulfonamides is 1. The molecule has 1 N–H and O–H groups in total. The van der Waals surface area contributed by atoms with E-state index in [0.29, 0.717) is 12.2 Å². The first-order chi connectivity index (χ1) is 7.83. The third kappa shape index (κ3) is 4.10. The van der Waals surface area contributed by atoms with Crippen LogP contribution in [-0.2, 0) is 17.1 Å². The number of nitrogens with one attached hydrogen (secondary N) is 1. The van der Waals surface area contributed by atoms with Crippen LogP contribution in [0.2, 0.25) is 0 Å². The molecule has 0 atom stereocenters. The van der Waals surface area contributed by atoms with Crippen molar-refractivity contribution >= 4 is 10.0 Å². The maximum Gasteiger partial charge on any atom is 0.243 e. The van der Waals surface area contributed by atoms with Crippen molar-refractivity contribution < 1.29 is 8.42 Å². The minimum absolute atomic E-state index is 0.254. The highest BCUT2D eigenvalue weighted by molar-refractivity contribution is 7.89. The first kappa shape index (κ1) is 14.1. The highest BCUT2D eigenvalue weighted by Gasteiger charge is 2.18. The molecule has 0 aromatic carbocycles. The average Bonchev–Trinajstić information content (AvgIpc) is 2.53. The minimum Gasteiger partial charge on any atom is -0.309 e. The Morgan fingerprint density at radius 1 is 1.47 bits per heavy atom. The fourth-order valence-corrected chi connectivity index (χ4v) is 2.81. The zero-order chi connectivity index (χ0) is 13.1. The van der Waals surface area contributed by atoms with E-state index in [9.17, 15) is 8.42 Å². The van der Waals surface area contributed by atoms with E-state index in [1.807, 2.05) is 19.0 Å². The van der Waals surface area contributed by atoms with Gasteiger partial charge in [0.05, 0.1) is 5.69 Å². The van der Waals surface area contributed by atoms with Gasteiger partial charge >= 0.3 is 0 Å². The Kier molecular flexibility index (Phi) is 4.67. The van der Waals surface area contributed by atoms with Crippen molar-refractivity contribution in [2.75, 3.05) is 27.2 Å². The highest BCUT2D eigenvalue weighted by Crippen LogP contribution is 2.11. The molecule has 7 heteroatoms. The average molecular weight is 260 g/mol. The largest absolute Gasteiger partial charge is 0.309 e. The van der Waals surface area contributed by atoms with Crippen LogP contribution in [0.1, 0.15) is 12.1 Å². The molecule has 1 aromatic rings. The molecule has 17 heavy (non-hydrogen) atoms. The molecular formula is C10H20N4O2S. The van der Waals surface area contributed by atoms with Gasteiger partial charge in [0.2, 0.25) is 10.0 Å². The molecule has 0 aliphatic heterocycles. The van der Waals surface area contributed by atoms with Crippen molar-refractivity contribution in [3.63, 3.8) is 0 Å². The van der Waals surface area contributed by atoms with Crippen molar-refractivity contribution in [1.29, 1.82) is 0 Å². The summed E-state index contributed by atoms with van der Waals surface area (Å²) in [4.78, 5) is 2.27. The van der Waals surface area contributed by atoms with Crippen LogP contribution in [0.5, 0.6) is 0 Å². The molecule has 1 heterocycles. The van der Waals surface area contributed by atoms with Crippen LogP contribution >= 0.6 is 0 Å². The number of nitrogens with zero attached hydrogens (tertiary/aromatic N) is 3. The van der Waals surface area contributed by atoms with Crippen molar-refractivity contribution in [3.05, 3.63) is 11.9 Å². The van der Waals surface area contributed by atoms with Gasteiger partial charge in [-0.15, -0.1) is 0 Å². The summed E-state index contributed by atoms with van der Waals surface area (Å²) < 4.78 is 27.9. The standard InChI is InChI=1S/C10H20N4O2S/c1-9-10(8-14(4)12-9)17(15,16)11-6-5-7-13(2)3/h8,11H,5-7H2,1-4H3. The van der Waals surface area contributed by atoms with Gasteiger partial charge in [-0.2, -0.15) is 5.10 Å². The summed E-state index contributed by atoms with van der Waals surface area (Å²) in [5.74, 6) is 0. The molecule has 0 amide bonds. The van der Waals surface area contributed by atoms with Gasteiger partial charge in [0.15, 0.2) is 0 Å². The van der Waals surface area contributed by atoms with Gasteiger partial charge in [-0.3, -0.25) is 4.68 Å². The maximum absolute atomic E-state index is 11.9. The van der Waals surface area contributed by atoms with Crippen LogP contribution < -0.4 is 4.72 Å². The molecule has 1 rings (SSSR count). The first-order valence-corrected chi connectivity index (χ1v) is 6.96. The fourth-order valence-electron chi connectivity index (χ4n) is 1.52. The lowest BCUT2D eigenvalue weighted by Crippen LogP contribution is -2.27. The third-order valence-corrected chi connectivity index (χ3v) is 3.90. The Bertz CT molecular complexity index is 465. The zero-order valence-electron chi connectivity index (χ0n) is 10.8. The van der Waals surface area contributed by atoms with Crippen molar-refractivity contribution in [2.45, 2.75) is 18.2 Å². The lowest BCUT2D eigenvalue weighted by molar-refractivity contribution is 0.400. The van der Waals surface area contributed by atoms with E-state index in [1.54, 1.807) is 14.0 Å². The molecular weight excluding hydrogens is 240 g/mol. The van der Waals surface area contributed by atoms with E-state index in [1.165, 1.54) is 10.9 Å². The second kappa shape index (κ2) is 5.61. The van der Waals surface area contributed by atoms with Crippen molar-refractivity contribution in [2.24, 2.45) is 7.05 Å². The van der Waals surface area contributed by atoms with Crippen LogP contribution in [0, 0.1) is 6.92 Å². The lowest BCUT2D eigenvalue weighted by Gasteiger charge is -2.09. The van der Waals surface area contributed by atoms with Gasteiger partial charge in [-0.25, -0.2) is 13.1 Å². The van der Waals surface area contributed by atoms with E-state index in [2.05, 4.69) is 9.82 Å². The smallest absolute Gasteiger partial charge is 0.243 e. The molecule has 6 nitrogen and oxygen atoms in total. The molecule has 0 unspecified atom stereocenters. The topological polar surface area (TPSA) is 67.2 Å². The summed E-state index contributed by atoms with van der Waals surface area (Å²) in [6.07, 6.45) is 2.30.